The maximum absolute atomic E-state index is 9.88. The first-order chi connectivity index (χ1) is 2.81. The Kier molecular flexibility index (Phi) is 10.5. The van der Waals surface area contributed by atoms with E-state index in [1.165, 1.54) is 0 Å². The largest absolute Gasteiger partial charge is 1.00 e. The van der Waals surface area contributed by atoms with Gasteiger partial charge in [-0.1, -0.05) is 6.92 Å². The van der Waals surface area contributed by atoms with Gasteiger partial charge in [0.1, 0.15) is 0 Å². The molecule has 38 valence electrons. The van der Waals surface area contributed by atoms with Crippen molar-refractivity contribution in [1.82, 2.24) is 0 Å². The zero-order valence-electron chi connectivity index (χ0n) is 5.47. The van der Waals surface area contributed by atoms with Crippen LogP contribution in [0.25, 0.3) is 0 Å². The van der Waals surface area contributed by atoms with E-state index in [2.05, 4.69) is 17.1 Å². The van der Waals surface area contributed by atoms with Gasteiger partial charge in [-0.15, -0.1) is 0 Å². The minimum atomic E-state index is -0.293. The summed E-state index contributed by atoms with van der Waals surface area (Å²) in [5.74, 6) is -0.293. The number of hydrogen-bond donors (Lipinski definition) is 1. The van der Waals surface area contributed by atoms with Crippen LogP contribution in [0, 0.1) is 0 Å². The summed E-state index contributed by atoms with van der Waals surface area (Å²) in [5.41, 5.74) is 0. The number of thiol groups is 1. The quantitative estimate of drug-likeness (QED) is 0.250. The molecule has 0 atom stereocenters. The van der Waals surface area contributed by atoms with Crippen LogP contribution in [0.4, 0.5) is 0 Å². The van der Waals surface area contributed by atoms with Crippen molar-refractivity contribution in [2.24, 2.45) is 0 Å². The third-order valence-corrected chi connectivity index (χ3v) is 0.594. The van der Waals surface area contributed by atoms with E-state index >= 15 is 0 Å². The molecule has 0 bridgehead atoms. The fourth-order valence-electron chi connectivity index (χ4n) is 0.0645. The molecule has 0 fully saturated rings. The van der Waals surface area contributed by atoms with Crippen molar-refractivity contribution in [3.8, 4) is 0 Å². The Morgan fingerprint density at radius 2 is 2.43 bits per heavy atom. The van der Waals surface area contributed by atoms with Crippen LogP contribution >= 0.6 is 12.9 Å². The SMILES string of the molecule is CCC(=O)OS.[H-].[Na+]. The van der Waals surface area contributed by atoms with Crippen molar-refractivity contribution in [1.29, 1.82) is 0 Å². The van der Waals surface area contributed by atoms with Gasteiger partial charge in [-0.25, -0.2) is 0 Å². The first-order valence-electron chi connectivity index (χ1n) is 1.65. The van der Waals surface area contributed by atoms with Crippen LogP contribution in [0.5, 0.6) is 0 Å². The second-order valence-corrected chi connectivity index (χ2v) is 0.999. The smallest absolute Gasteiger partial charge is 1.00 e. The monoisotopic (exact) mass is 130 g/mol. The summed E-state index contributed by atoms with van der Waals surface area (Å²) >= 11 is 3.25. The predicted octanol–water partition coefficient (Wildman–Crippen LogP) is -2.10. The summed E-state index contributed by atoms with van der Waals surface area (Å²) in [5, 5.41) is 0. The van der Waals surface area contributed by atoms with Crippen LogP contribution < -0.4 is 29.6 Å². The van der Waals surface area contributed by atoms with Crippen LogP contribution in [0.1, 0.15) is 14.8 Å². The second-order valence-electron chi connectivity index (χ2n) is 0.817. The Hall–Kier alpha value is 0.820. The van der Waals surface area contributed by atoms with Crippen LogP contribution in [-0.4, -0.2) is 5.97 Å². The molecule has 0 unspecified atom stereocenters. The standard InChI is InChI=1S/C3H6O2S.Na.H/c1-2-3(4)5-6;;/h6H,2H2,1H3;;/q;+1;-1. The Bertz CT molecular complexity index is 55.2. The van der Waals surface area contributed by atoms with Crippen LogP contribution in [0.15, 0.2) is 0 Å². The average molecular weight is 130 g/mol. The molecule has 0 spiro atoms. The van der Waals surface area contributed by atoms with Gasteiger partial charge < -0.3 is 5.61 Å². The van der Waals surface area contributed by atoms with E-state index in [9.17, 15) is 4.79 Å². The molecule has 0 radical (unpaired) electrons. The maximum Gasteiger partial charge on any atom is 1.00 e. The van der Waals surface area contributed by atoms with Crippen LogP contribution in [0.3, 0.4) is 0 Å². The van der Waals surface area contributed by atoms with Gasteiger partial charge >= 0.3 is 35.5 Å². The van der Waals surface area contributed by atoms with Gasteiger partial charge in [0.25, 0.3) is 0 Å². The fraction of sp³-hybridized carbons (Fsp3) is 0.667. The summed E-state index contributed by atoms with van der Waals surface area (Å²) in [7, 11) is 0. The van der Waals surface area contributed by atoms with E-state index in [4.69, 9.17) is 0 Å². The minimum absolute atomic E-state index is 0. The van der Waals surface area contributed by atoms with Gasteiger partial charge in [0.15, 0.2) is 0 Å². The molecule has 0 saturated heterocycles. The first-order valence-corrected chi connectivity index (χ1v) is 2.02. The predicted molar refractivity (Wildman–Crippen MR) is 26.5 cm³/mol. The summed E-state index contributed by atoms with van der Waals surface area (Å²) in [6.45, 7) is 1.71. The molecule has 0 aromatic heterocycles. The van der Waals surface area contributed by atoms with Gasteiger partial charge in [0, 0.05) is 19.3 Å². The molecule has 4 heteroatoms. The Morgan fingerprint density at radius 3 is 2.43 bits per heavy atom. The number of carbonyl (C=O) groups is 1. The van der Waals surface area contributed by atoms with Gasteiger partial charge in [0.2, 0.25) is 0 Å². The summed E-state index contributed by atoms with van der Waals surface area (Å²) in [6, 6.07) is 0. The van der Waals surface area contributed by atoms with Crippen LogP contribution in [-0.2, 0) is 8.98 Å². The first kappa shape index (κ1) is 10.7. The zero-order chi connectivity index (χ0) is 4.99. The molecule has 0 aromatic carbocycles. The van der Waals surface area contributed by atoms with E-state index in [-0.39, 0.29) is 37.0 Å². The van der Waals surface area contributed by atoms with Crippen molar-refractivity contribution >= 4 is 18.9 Å². The molecule has 0 aliphatic carbocycles. The Labute approximate surface area is 72.0 Å². The van der Waals surface area contributed by atoms with Gasteiger partial charge in [-0.2, -0.15) is 0 Å². The van der Waals surface area contributed by atoms with Crippen molar-refractivity contribution in [3.05, 3.63) is 0 Å². The average Bonchev–Trinajstić information content (AvgIpc) is 1.65. The van der Waals surface area contributed by atoms with E-state index in [0.29, 0.717) is 6.42 Å². The second kappa shape index (κ2) is 6.82. The third kappa shape index (κ3) is 6.82. The normalized spacial score (nSPS) is 6.57. The number of carbonyl (C=O) groups excluding carboxylic acids is 1. The van der Waals surface area contributed by atoms with E-state index in [1.54, 1.807) is 6.92 Å². The minimum Gasteiger partial charge on any atom is -1.00 e. The molecule has 0 heterocycles. The molecule has 0 amide bonds. The van der Waals surface area contributed by atoms with Gasteiger partial charge in [-0.05, 0) is 0 Å². The fourth-order valence-corrected chi connectivity index (χ4v) is 0.194. The Balaban J connectivity index is -0.000000125. The zero-order valence-corrected chi connectivity index (χ0v) is 7.37. The topological polar surface area (TPSA) is 26.3 Å². The van der Waals surface area contributed by atoms with Crippen LogP contribution in [0.2, 0.25) is 0 Å². The molecule has 0 aliphatic heterocycles. The van der Waals surface area contributed by atoms with Crippen molar-refractivity contribution in [2.45, 2.75) is 13.3 Å². The number of rotatable bonds is 1. The number of hydrogen-bond acceptors (Lipinski definition) is 3. The molecule has 2 nitrogen and oxygen atoms in total. The van der Waals surface area contributed by atoms with Gasteiger partial charge in [0.05, 0.1) is 0 Å². The van der Waals surface area contributed by atoms with Crippen molar-refractivity contribution in [3.63, 3.8) is 0 Å². The molecular formula is C3H7NaO2S. The van der Waals surface area contributed by atoms with E-state index in [1.807, 2.05) is 0 Å². The summed E-state index contributed by atoms with van der Waals surface area (Å²) in [4.78, 5) is 9.88. The van der Waals surface area contributed by atoms with Gasteiger partial charge in [-0.3, -0.25) is 4.79 Å². The summed E-state index contributed by atoms with van der Waals surface area (Å²) in [6.07, 6.45) is 0.392. The molecule has 0 saturated carbocycles. The molecule has 0 aliphatic rings. The van der Waals surface area contributed by atoms with E-state index in [0.717, 1.165) is 0 Å². The third-order valence-electron chi connectivity index (χ3n) is 0.390. The molecule has 7 heavy (non-hydrogen) atoms. The summed E-state index contributed by atoms with van der Waals surface area (Å²) < 4.78 is 3.95. The van der Waals surface area contributed by atoms with Crippen molar-refractivity contribution in [2.75, 3.05) is 0 Å². The van der Waals surface area contributed by atoms with E-state index < -0.39 is 0 Å². The molecule has 0 rings (SSSR count). The molecule has 0 aromatic rings. The Morgan fingerprint density at radius 1 is 2.00 bits per heavy atom. The molecular weight excluding hydrogens is 123 g/mol. The molecule has 0 N–H and O–H groups in total. The maximum atomic E-state index is 9.88. The van der Waals surface area contributed by atoms with Crippen molar-refractivity contribution < 1.29 is 40.0 Å².